The van der Waals surface area contributed by atoms with Crippen molar-refractivity contribution in [3.05, 3.63) is 58.9 Å². The number of nitrogens with zero attached hydrogens (tertiary/aromatic N) is 2. The molecule has 0 saturated carbocycles. The maximum Gasteiger partial charge on any atom is 0.232 e. The van der Waals surface area contributed by atoms with E-state index in [4.69, 9.17) is 11.6 Å². The molecule has 6 nitrogen and oxygen atoms in total. The molecule has 8 heteroatoms. The Morgan fingerprint density at radius 1 is 1.31 bits per heavy atom. The van der Waals surface area contributed by atoms with Gasteiger partial charge in [-0.05, 0) is 42.7 Å². The quantitative estimate of drug-likeness (QED) is 0.745. The lowest BCUT2D eigenvalue weighted by molar-refractivity contribution is -0.121. The van der Waals surface area contributed by atoms with Crippen LogP contribution in [0.2, 0.25) is 5.02 Å². The van der Waals surface area contributed by atoms with E-state index in [0.29, 0.717) is 23.7 Å². The molecule has 0 bridgehead atoms. The SMILES string of the molecule is Cc1ccc(Cl)cc1N(CCCC(=O)NCc1cccnc1)S(C)(=O)=O. The van der Waals surface area contributed by atoms with Crippen LogP contribution in [0.5, 0.6) is 0 Å². The lowest BCUT2D eigenvalue weighted by atomic mass is 10.2. The lowest BCUT2D eigenvalue weighted by Gasteiger charge is -2.24. The highest BCUT2D eigenvalue weighted by molar-refractivity contribution is 7.92. The first-order chi connectivity index (χ1) is 12.3. The van der Waals surface area contributed by atoms with Crippen molar-refractivity contribution >= 4 is 33.2 Å². The third-order valence-corrected chi connectivity index (χ3v) is 5.23. The maximum absolute atomic E-state index is 12.2. The molecular formula is C18H22ClN3O3S. The first kappa shape index (κ1) is 20.2. The molecule has 1 amide bonds. The number of halogens is 1. The van der Waals surface area contributed by atoms with Crippen LogP contribution in [0.4, 0.5) is 5.69 Å². The van der Waals surface area contributed by atoms with E-state index in [1.54, 1.807) is 36.7 Å². The third-order valence-electron chi connectivity index (χ3n) is 3.82. The number of hydrogen-bond acceptors (Lipinski definition) is 4. The van der Waals surface area contributed by atoms with E-state index < -0.39 is 10.0 Å². The van der Waals surface area contributed by atoms with E-state index in [0.717, 1.165) is 17.4 Å². The Balaban J connectivity index is 1.94. The Hall–Kier alpha value is -2.12. The zero-order valence-electron chi connectivity index (χ0n) is 14.8. The number of aryl methyl sites for hydroxylation is 1. The third kappa shape index (κ3) is 6.00. The van der Waals surface area contributed by atoms with Gasteiger partial charge in [-0.3, -0.25) is 14.1 Å². The summed E-state index contributed by atoms with van der Waals surface area (Å²) in [5, 5.41) is 3.27. The number of nitrogens with one attached hydrogen (secondary N) is 1. The monoisotopic (exact) mass is 395 g/mol. The first-order valence-electron chi connectivity index (χ1n) is 8.17. The molecule has 0 aliphatic carbocycles. The molecule has 0 atom stereocenters. The molecule has 0 unspecified atom stereocenters. The highest BCUT2D eigenvalue weighted by Gasteiger charge is 2.19. The minimum absolute atomic E-state index is 0.134. The number of hydrogen-bond donors (Lipinski definition) is 1. The van der Waals surface area contributed by atoms with Crippen molar-refractivity contribution in [1.82, 2.24) is 10.3 Å². The standard InChI is InChI=1S/C18H22ClN3O3S/c1-14-7-8-16(19)11-17(14)22(26(2,24)25)10-4-6-18(23)21-13-15-5-3-9-20-12-15/h3,5,7-9,11-12H,4,6,10,13H2,1-2H3,(H,21,23). The minimum Gasteiger partial charge on any atom is -0.352 e. The van der Waals surface area contributed by atoms with Gasteiger partial charge in [0.25, 0.3) is 0 Å². The van der Waals surface area contributed by atoms with Crippen LogP contribution in [0.3, 0.4) is 0 Å². The Kier molecular flexibility index (Phi) is 6.99. The number of carbonyl (C=O) groups is 1. The van der Waals surface area contributed by atoms with E-state index in [9.17, 15) is 13.2 Å². The molecular weight excluding hydrogens is 374 g/mol. The molecule has 0 saturated heterocycles. The molecule has 0 radical (unpaired) electrons. The summed E-state index contributed by atoms with van der Waals surface area (Å²) in [6.45, 7) is 2.43. The van der Waals surface area contributed by atoms with Crippen LogP contribution >= 0.6 is 11.6 Å². The number of amides is 1. The fourth-order valence-corrected chi connectivity index (χ4v) is 3.67. The molecule has 2 rings (SSSR count). The van der Waals surface area contributed by atoms with Crippen molar-refractivity contribution < 1.29 is 13.2 Å². The topological polar surface area (TPSA) is 79.4 Å². The molecule has 0 aliphatic heterocycles. The molecule has 0 aliphatic rings. The summed E-state index contributed by atoms with van der Waals surface area (Å²) < 4.78 is 25.6. The predicted octanol–water partition coefficient (Wildman–Crippen LogP) is 2.91. The number of carbonyl (C=O) groups excluding carboxylic acids is 1. The van der Waals surface area contributed by atoms with Gasteiger partial charge in [0, 0.05) is 36.9 Å². The van der Waals surface area contributed by atoms with Crippen molar-refractivity contribution in [3.8, 4) is 0 Å². The summed E-state index contributed by atoms with van der Waals surface area (Å²) in [6.07, 6.45) is 5.14. The second-order valence-corrected chi connectivity index (χ2v) is 8.35. The molecule has 26 heavy (non-hydrogen) atoms. The molecule has 2 aromatic rings. The fourth-order valence-electron chi connectivity index (χ4n) is 2.49. The number of rotatable bonds is 8. The van der Waals surface area contributed by atoms with E-state index in [-0.39, 0.29) is 18.9 Å². The average molecular weight is 396 g/mol. The summed E-state index contributed by atoms with van der Waals surface area (Å²) in [5.41, 5.74) is 2.25. The number of sulfonamides is 1. The molecule has 0 fully saturated rings. The van der Waals surface area contributed by atoms with Crippen molar-refractivity contribution in [3.63, 3.8) is 0 Å². The first-order valence-corrected chi connectivity index (χ1v) is 10.4. The van der Waals surface area contributed by atoms with Crippen LogP contribution in [-0.2, 0) is 21.4 Å². The van der Waals surface area contributed by atoms with Crippen LogP contribution in [0.15, 0.2) is 42.7 Å². The summed E-state index contributed by atoms with van der Waals surface area (Å²) >= 11 is 6.00. The van der Waals surface area contributed by atoms with Crippen molar-refractivity contribution in [2.45, 2.75) is 26.3 Å². The summed E-state index contributed by atoms with van der Waals surface area (Å²) in [7, 11) is -3.48. The average Bonchev–Trinajstić information content (AvgIpc) is 2.59. The van der Waals surface area contributed by atoms with Gasteiger partial charge in [-0.15, -0.1) is 0 Å². The van der Waals surface area contributed by atoms with Crippen LogP contribution in [0.1, 0.15) is 24.0 Å². The summed E-state index contributed by atoms with van der Waals surface area (Å²) in [4.78, 5) is 16.0. The predicted molar refractivity (Wildman–Crippen MR) is 104 cm³/mol. The van der Waals surface area contributed by atoms with Crippen LogP contribution < -0.4 is 9.62 Å². The zero-order valence-corrected chi connectivity index (χ0v) is 16.3. The Morgan fingerprint density at radius 3 is 2.73 bits per heavy atom. The molecule has 1 N–H and O–H groups in total. The van der Waals surface area contributed by atoms with Gasteiger partial charge < -0.3 is 5.32 Å². The Morgan fingerprint density at radius 2 is 2.08 bits per heavy atom. The van der Waals surface area contributed by atoms with E-state index in [1.807, 2.05) is 13.0 Å². The number of anilines is 1. The van der Waals surface area contributed by atoms with Crippen LogP contribution in [0, 0.1) is 6.92 Å². The fraction of sp³-hybridized carbons (Fsp3) is 0.333. The van der Waals surface area contributed by atoms with Crippen LogP contribution in [-0.4, -0.2) is 32.1 Å². The van der Waals surface area contributed by atoms with E-state index >= 15 is 0 Å². The molecule has 0 spiro atoms. The summed E-state index contributed by atoms with van der Waals surface area (Å²) in [6, 6.07) is 8.79. The van der Waals surface area contributed by atoms with Gasteiger partial charge in [-0.2, -0.15) is 0 Å². The smallest absolute Gasteiger partial charge is 0.232 e. The van der Waals surface area contributed by atoms with Gasteiger partial charge in [0.2, 0.25) is 15.9 Å². The van der Waals surface area contributed by atoms with Gasteiger partial charge in [0.15, 0.2) is 0 Å². The van der Waals surface area contributed by atoms with Crippen molar-refractivity contribution in [2.75, 3.05) is 17.1 Å². The van der Waals surface area contributed by atoms with E-state index in [2.05, 4.69) is 10.3 Å². The zero-order chi connectivity index (χ0) is 19.2. The lowest BCUT2D eigenvalue weighted by Crippen LogP contribution is -2.32. The Bertz CT molecular complexity index is 857. The van der Waals surface area contributed by atoms with Crippen LogP contribution in [0.25, 0.3) is 0 Å². The van der Waals surface area contributed by atoms with Gasteiger partial charge >= 0.3 is 0 Å². The highest BCUT2D eigenvalue weighted by Crippen LogP contribution is 2.26. The second kappa shape index (κ2) is 9.00. The van der Waals surface area contributed by atoms with E-state index in [1.165, 1.54) is 4.31 Å². The highest BCUT2D eigenvalue weighted by atomic mass is 35.5. The van der Waals surface area contributed by atoms with Gasteiger partial charge in [-0.1, -0.05) is 23.7 Å². The molecule has 1 aromatic carbocycles. The summed E-state index contributed by atoms with van der Waals surface area (Å²) in [5.74, 6) is -0.134. The Labute approximate surface area is 159 Å². The molecule has 1 heterocycles. The number of aromatic nitrogens is 1. The van der Waals surface area contributed by atoms with Crippen molar-refractivity contribution in [1.29, 1.82) is 0 Å². The molecule has 140 valence electrons. The van der Waals surface area contributed by atoms with Crippen molar-refractivity contribution in [2.24, 2.45) is 0 Å². The van der Waals surface area contributed by atoms with Gasteiger partial charge in [0.1, 0.15) is 0 Å². The van der Waals surface area contributed by atoms with Gasteiger partial charge in [0.05, 0.1) is 11.9 Å². The largest absolute Gasteiger partial charge is 0.352 e. The second-order valence-electron chi connectivity index (χ2n) is 6.01. The number of pyridine rings is 1. The normalized spacial score (nSPS) is 11.2. The van der Waals surface area contributed by atoms with Gasteiger partial charge in [-0.25, -0.2) is 8.42 Å². The maximum atomic E-state index is 12.2. The molecule has 1 aromatic heterocycles. The minimum atomic E-state index is -3.48. The number of benzene rings is 1.